The van der Waals surface area contributed by atoms with Gasteiger partial charge < -0.3 is 10.2 Å². The van der Waals surface area contributed by atoms with Gasteiger partial charge in [0.2, 0.25) is 5.91 Å². The van der Waals surface area contributed by atoms with Crippen LogP contribution in [0.15, 0.2) is 6.07 Å². The number of urea groups is 1. The minimum absolute atomic E-state index is 0.0273. The summed E-state index contributed by atoms with van der Waals surface area (Å²) in [5.41, 5.74) is 2.03. The lowest BCUT2D eigenvalue weighted by Gasteiger charge is -2.20. The Bertz CT molecular complexity index is 622. The van der Waals surface area contributed by atoms with Gasteiger partial charge in [-0.3, -0.25) is 19.2 Å². The van der Waals surface area contributed by atoms with Gasteiger partial charge in [-0.05, 0) is 26.3 Å². The van der Waals surface area contributed by atoms with Crippen LogP contribution in [-0.2, 0) is 9.59 Å². The van der Waals surface area contributed by atoms with E-state index in [1.807, 2.05) is 24.6 Å². The molecule has 1 aromatic heterocycles. The molecule has 2 aliphatic rings. The van der Waals surface area contributed by atoms with Crippen molar-refractivity contribution in [2.45, 2.75) is 26.3 Å². The molecule has 1 atom stereocenters. The van der Waals surface area contributed by atoms with Crippen molar-refractivity contribution in [1.29, 1.82) is 0 Å². The molecule has 2 fully saturated rings. The van der Waals surface area contributed by atoms with Gasteiger partial charge in [0.1, 0.15) is 6.54 Å². The minimum Gasteiger partial charge on any atom is -0.339 e. The van der Waals surface area contributed by atoms with Crippen molar-refractivity contribution in [2.75, 3.05) is 26.2 Å². The van der Waals surface area contributed by atoms with Gasteiger partial charge in [-0.1, -0.05) is 0 Å². The van der Waals surface area contributed by atoms with Gasteiger partial charge in [-0.25, -0.2) is 4.79 Å². The molecule has 3 rings (SSSR count). The Kier molecular flexibility index (Phi) is 3.59. The number of aromatic nitrogens is 2. The lowest BCUT2D eigenvalue weighted by molar-refractivity contribution is -0.135. The normalized spacial score (nSPS) is 21.6. The molecule has 22 heavy (non-hydrogen) atoms. The maximum atomic E-state index is 12.3. The van der Waals surface area contributed by atoms with Crippen LogP contribution < -0.4 is 5.32 Å². The van der Waals surface area contributed by atoms with E-state index in [4.69, 9.17) is 0 Å². The molecular formula is C14H19N5O3. The van der Waals surface area contributed by atoms with E-state index in [-0.39, 0.29) is 30.9 Å². The quantitative estimate of drug-likeness (QED) is 0.785. The average molecular weight is 305 g/mol. The lowest BCUT2D eigenvalue weighted by atomic mass is 10.2. The molecule has 0 bridgehead atoms. The zero-order valence-corrected chi connectivity index (χ0v) is 12.7. The fourth-order valence-electron chi connectivity index (χ4n) is 3.03. The third kappa shape index (κ3) is 2.56. The number of nitrogens with zero attached hydrogens (tertiary/aromatic N) is 4. The zero-order valence-electron chi connectivity index (χ0n) is 12.7. The van der Waals surface area contributed by atoms with Gasteiger partial charge in [0.15, 0.2) is 0 Å². The van der Waals surface area contributed by atoms with Crippen LogP contribution in [0.3, 0.4) is 0 Å². The number of rotatable bonds is 3. The number of likely N-dealkylation sites (tertiary alicyclic amines) is 1. The Hall–Kier alpha value is -2.38. The highest BCUT2D eigenvalue weighted by Crippen LogP contribution is 2.23. The molecular weight excluding hydrogens is 286 g/mol. The Morgan fingerprint density at radius 3 is 2.77 bits per heavy atom. The van der Waals surface area contributed by atoms with E-state index in [0.717, 1.165) is 22.7 Å². The summed E-state index contributed by atoms with van der Waals surface area (Å²) >= 11 is 0. The van der Waals surface area contributed by atoms with Gasteiger partial charge in [-0.15, -0.1) is 0 Å². The Morgan fingerprint density at radius 1 is 1.41 bits per heavy atom. The topological polar surface area (TPSA) is 87.5 Å². The van der Waals surface area contributed by atoms with Crippen molar-refractivity contribution in [2.24, 2.45) is 0 Å². The summed E-state index contributed by atoms with van der Waals surface area (Å²) in [4.78, 5) is 38.0. The molecule has 8 nitrogen and oxygen atoms in total. The van der Waals surface area contributed by atoms with Crippen LogP contribution in [0.4, 0.5) is 4.79 Å². The monoisotopic (exact) mass is 305 g/mol. The molecule has 2 saturated heterocycles. The minimum atomic E-state index is -0.493. The van der Waals surface area contributed by atoms with Gasteiger partial charge >= 0.3 is 6.03 Å². The largest absolute Gasteiger partial charge is 0.339 e. The number of imide groups is 1. The number of nitrogens with one attached hydrogen (secondary N) is 1. The third-order valence-electron chi connectivity index (χ3n) is 4.14. The summed E-state index contributed by atoms with van der Waals surface area (Å²) < 4.78 is 1.95. The molecule has 8 heteroatoms. The fourth-order valence-corrected chi connectivity index (χ4v) is 3.03. The predicted molar refractivity (Wildman–Crippen MR) is 77.0 cm³/mol. The van der Waals surface area contributed by atoms with E-state index >= 15 is 0 Å². The van der Waals surface area contributed by atoms with Crippen molar-refractivity contribution < 1.29 is 14.4 Å². The first-order chi connectivity index (χ1) is 10.5. The van der Waals surface area contributed by atoms with Crippen LogP contribution in [0, 0.1) is 13.8 Å². The van der Waals surface area contributed by atoms with Gasteiger partial charge in [0.05, 0.1) is 18.3 Å². The second-order valence-electron chi connectivity index (χ2n) is 5.79. The van der Waals surface area contributed by atoms with E-state index < -0.39 is 6.03 Å². The number of hydrogen-bond acceptors (Lipinski definition) is 4. The summed E-state index contributed by atoms with van der Waals surface area (Å²) in [5, 5.41) is 6.88. The van der Waals surface area contributed by atoms with Crippen molar-refractivity contribution in [3.8, 4) is 0 Å². The SMILES string of the molecule is Cc1cc(C)n(C2CCN(C(=O)CN3C(=O)CNC3=O)C2)n1. The molecule has 0 spiro atoms. The summed E-state index contributed by atoms with van der Waals surface area (Å²) in [7, 11) is 0. The molecule has 4 amide bonds. The summed E-state index contributed by atoms with van der Waals surface area (Å²) in [6.45, 7) is 4.90. The first-order valence-corrected chi connectivity index (χ1v) is 7.34. The van der Waals surface area contributed by atoms with Crippen LogP contribution >= 0.6 is 0 Å². The van der Waals surface area contributed by atoms with E-state index in [2.05, 4.69) is 10.4 Å². The predicted octanol–water partition coefficient (Wildman–Crippen LogP) is -0.175. The number of aryl methyl sites for hydroxylation is 2. The molecule has 0 aromatic carbocycles. The summed E-state index contributed by atoms with van der Waals surface area (Å²) in [6.07, 6.45) is 0.827. The van der Waals surface area contributed by atoms with Crippen LogP contribution in [0.25, 0.3) is 0 Å². The van der Waals surface area contributed by atoms with Crippen LogP contribution in [0.1, 0.15) is 23.9 Å². The highest BCUT2D eigenvalue weighted by molar-refractivity contribution is 6.04. The molecule has 1 unspecified atom stereocenters. The fraction of sp³-hybridized carbons (Fsp3) is 0.571. The first kappa shape index (κ1) is 14.6. The Morgan fingerprint density at radius 2 is 2.18 bits per heavy atom. The number of hydrogen-bond donors (Lipinski definition) is 1. The second-order valence-corrected chi connectivity index (χ2v) is 5.79. The highest BCUT2D eigenvalue weighted by Gasteiger charge is 2.34. The van der Waals surface area contributed by atoms with E-state index in [1.54, 1.807) is 4.90 Å². The maximum Gasteiger partial charge on any atom is 0.325 e. The first-order valence-electron chi connectivity index (χ1n) is 7.34. The average Bonchev–Trinajstić information content (AvgIpc) is 3.14. The van der Waals surface area contributed by atoms with Gasteiger partial charge in [0, 0.05) is 18.8 Å². The smallest absolute Gasteiger partial charge is 0.325 e. The number of carbonyl (C=O) groups is 3. The van der Waals surface area contributed by atoms with Crippen molar-refractivity contribution in [3.63, 3.8) is 0 Å². The highest BCUT2D eigenvalue weighted by atomic mass is 16.2. The van der Waals surface area contributed by atoms with Crippen molar-refractivity contribution in [1.82, 2.24) is 24.9 Å². The maximum absolute atomic E-state index is 12.3. The van der Waals surface area contributed by atoms with Crippen LogP contribution in [0.2, 0.25) is 0 Å². The number of amides is 4. The zero-order chi connectivity index (χ0) is 15.9. The molecule has 0 aliphatic carbocycles. The molecule has 1 aromatic rings. The van der Waals surface area contributed by atoms with Crippen molar-refractivity contribution >= 4 is 17.8 Å². The molecule has 118 valence electrons. The second kappa shape index (κ2) is 5.43. The number of carbonyl (C=O) groups excluding carboxylic acids is 3. The van der Waals surface area contributed by atoms with Crippen molar-refractivity contribution in [3.05, 3.63) is 17.5 Å². The molecule has 0 radical (unpaired) electrons. The van der Waals surface area contributed by atoms with Crippen LogP contribution in [0.5, 0.6) is 0 Å². The standard InChI is InChI=1S/C14H19N5O3/c1-9-5-10(2)19(16-9)11-3-4-17(7-11)13(21)8-18-12(20)6-15-14(18)22/h5,11H,3-4,6-8H2,1-2H3,(H,15,22). The molecule has 0 saturated carbocycles. The molecule has 1 N–H and O–H groups in total. The third-order valence-corrected chi connectivity index (χ3v) is 4.14. The van der Waals surface area contributed by atoms with E-state index in [1.165, 1.54) is 0 Å². The van der Waals surface area contributed by atoms with Crippen LogP contribution in [-0.4, -0.2) is 63.6 Å². The summed E-state index contributed by atoms with van der Waals surface area (Å²) in [6, 6.07) is 1.67. The molecule has 3 heterocycles. The Labute approximate surface area is 128 Å². The van der Waals surface area contributed by atoms with Gasteiger partial charge in [0.25, 0.3) is 5.91 Å². The van der Waals surface area contributed by atoms with Gasteiger partial charge in [-0.2, -0.15) is 5.10 Å². The lowest BCUT2D eigenvalue weighted by Crippen LogP contribution is -2.42. The Balaban J connectivity index is 1.62. The van der Waals surface area contributed by atoms with E-state index in [9.17, 15) is 14.4 Å². The van der Waals surface area contributed by atoms with E-state index in [0.29, 0.717) is 13.1 Å². The molecule has 2 aliphatic heterocycles. The summed E-state index contributed by atoms with van der Waals surface area (Å²) in [5.74, 6) is -0.554.